The quantitative estimate of drug-likeness (QED) is 0.0368. The molecule has 1 atom stereocenters. The van der Waals surface area contributed by atoms with Gasteiger partial charge >= 0.3 is 107 Å². The lowest BCUT2D eigenvalue weighted by atomic mass is 9.83. The molecule has 0 N–H and O–H groups in total. The van der Waals surface area contributed by atoms with E-state index in [1.807, 2.05) is 6.92 Å². The maximum atomic E-state index is 13.6. The average Bonchev–Trinajstić information content (AvgIpc) is 0.747. The van der Waals surface area contributed by atoms with Gasteiger partial charge in [0, 0.05) is 12.8 Å². The normalized spacial score (nSPS) is 14.9. The van der Waals surface area contributed by atoms with Crippen LogP contribution in [0.3, 0.4) is 0 Å². The van der Waals surface area contributed by atoms with Gasteiger partial charge in [-0.3, -0.25) is 0 Å². The first-order valence-electron chi connectivity index (χ1n) is 21.4. The molecule has 0 radical (unpaired) electrons. The van der Waals surface area contributed by atoms with Gasteiger partial charge in [0.25, 0.3) is 6.17 Å². The summed E-state index contributed by atoms with van der Waals surface area (Å²) in [5, 5.41) is 0. The first kappa shape index (κ1) is 88.7. The van der Waals surface area contributed by atoms with Crippen LogP contribution in [0.5, 0.6) is 0 Å². The summed E-state index contributed by atoms with van der Waals surface area (Å²) in [4.78, 5) is 0. The van der Waals surface area contributed by atoms with E-state index in [9.17, 15) is 176 Å². The molecule has 0 aromatic rings. The van der Waals surface area contributed by atoms with Gasteiger partial charge in [-0.05, 0) is 6.92 Å². The summed E-state index contributed by atoms with van der Waals surface area (Å²) in [5.41, 5.74) is -17.0. The minimum Gasteiger partial charge on any atom is -0.502 e. The molecule has 0 aliphatic rings. The molecule has 7 nitrogen and oxygen atoms in total. The number of rotatable bonds is 33. The van der Waals surface area contributed by atoms with Crippen molar-refractivity contribution in [1.82, 2.24) is 0 Å². The topological polar surface area (TPSA) is 64.6 Å². The minimum atomic E-state index is -9.01. The van der Waals surface area contributed by atoms with Crippen LogP contribution in [0.15, 0.2) is 51.4 Å². The van der Waals surface area contributed by atoms with Crippen molar-refractivity contribution in [2.45, 2.75) is 133 Å². The molecule has 1 unspecified atom stereocenters. The first-order valence-corrected chi connectivity index (χ1v) is 21.4. The van der Waals surface area contributed by atoms with Crippen LogP contribution >= 0.6 is 0 Å². The van der Waals surface area contributed by atoms with Gasteiger partial charge in [0.05, 0.1) is 64.7 Å². The molecule has 0 aromatic heterocycles. The van der Waals surface area contributed by atoms with Crippen LogP contribution < -0.4 is 0 Å². The maximum absolute atomic E-state index is 13.6. The van der Waals surface area contributed by atoms with Crippen molar-refractivity contribution in [1.29, 1.82) is 0 Å². The molecule has 0 aliphatic carbocycles. The van der Waals surface area contributed by atoms with Crippen molar-refractivity contribution in [3.05, 3.63) is 51.4 Å². The minimum absolute atomic E-state index is 0.150. The largest absolute Gasteiger partial charge is 0.502 e. The Morgan fingerprint density at radius 3 is 0.747 bits per heavy atom. The van der Waals surface area contributed by atoms with Crippen LogP contribution in [-0.4, -0.2) is 180 Å². The Kier molecular flexibility index (Phi) is 31.9. The summed E-state index contributed by atoms with van der Waals surface area (Å²) >= 11 is 0. The van der Waals surface area contributed by atoms with Crippen LogP contribution in [-0.2, 0) is 33.2 Å². The molecule has 0 saturated carbocycles. The van der Waals surface area contributed by atoms with Crippen molar-refractivity contribution >= 4 is 0 Å². The SMILES string of the molecule is C=COCC.C=COCCOCC(F)(F)C(F)C(F)(F)F.C=COCCOCCC(F)(F)C(F)(F)C(F)(F)C(F)(F)C(F)(C(F)(F)F)C(F)(F)F.C=COCCOCCC(F)(F)C(F)(F)C(F)(F)C(F)(F)C(F)(F)C(F)(F)C(F)(C(F)(F)F)C(F)(F)F. The summed E-state index contributed by atoms with van der Waals surface area (Å²) in [6.45, 7) is 7.14. The van der Waals surface area contributed by atoms with Crippen molar-refractivity contribution < 1.29 is 209 Å². The molecule has 0 heterocycles. The van der Waals surface area contributed by atoms with Crippen LogP contribution in [0.1, 0.15) is 19.8 Å². The fourth-order valence-corrected chi connectivity index (χ4v) is 4.84. The average molecular weight is 1390 g/mol. The molecule has 522 valence electrons. The van der Waals surface area contributed by atoms with E-state index in [4.69, 9.17) is 0 Å². The van der Waals surface area contributed by atoms with E-state index in [0.717, 1.165) is 25.4 Å². The molecule has 47 heteroatoms. The summed E-state index contributed by atoms with van der Waals surface area (Å²) in [6.07, 6.45) is -43.6. The molecule has 0 aliphatic heterocycles. The first-order chi connectivity index (χ1) is 38.3. The molecule has 0 rings (SSSR count). The molecular formula is C40H40F40O7. The highest BCUT2D eigenvalue weighted by Gasteiger charge is 2.99. The van der Waals surface area contributed by atoms with E-state index in [2.05, 4.69) is 59.5 Å². The third kappa shape index (κ3) is 19.6. The van der Waals surface area contributed by atoms with Crippen LogP contribution in [0.4, 0.5) is 176 Å². The second kappa shape index (κ2) is 31.3. The lowest BCUT2D eigenvalue weighted by Crippen LogP contribution is -2.77. The Labute approximate surface area is 460 Å². The number of hydrogen-bond donors (Lipinski definition) is 0. The van der Waals surface area contributed by atoms with Gasteiger partial charge in [-0.1, -0.05) is 26.3 Å². The fraction of sp³-hybridized carbons (Fsp3) is 0.800. The zero-order chi connectivity index (χ0) is 70.8. The Morgan fingerprint density at radius 1 is 0.299 bits per heavy atom. The van der Waals surface area contributed by atoms with Gasteiger partial charge in [0.15, 0.2) is 0 Å². The predicted octanol–water partition coefficient (Wildman–Crippen LogP) is 17.0. The van der Waals surface area contributed by atoms with Crippen molar-refractivity contribution in [3.63, 3.8) is 0 Å². The van der Waals surface area contributed by atoms with E-state index < -0.39 is 173 Å². The molecule has 0 saturated heterocycles. The molecule has 0 aromatic carbocycles. The smallest absolute Gasteiger partial charge is 0.438 e. The number of hydrogen-bond acceptors (Lipinski definition) is 7. The molecular weight excluding hydrogens is 1350 g/mol. The second-order valence-electron chi connectivity index (χ2n) is 15.5. The van der Waals surface area contributed by atoms with Gasteiger partial charge in [-0.15, -0.1) is 0 Å². The highest BCUT2D eigenvalue weighted by atomic mass is 19.5. The monoisotopic (exact) mass is 1390 g/mol. The van der Waals surface area contributed by atoms with Gasteiger partial charge < -0.3 is 33.2 Å². The summed E-state index contributed by atoms with van der Waals surface area (Å²) in [5.74, 6) is -84.9. The van der Waals surface area contributed by atoms with Gasteiger partial charge in [-0.25, -0.2) is 22.0 Å². The summed E-state index contributed by atoms with van der Waals surface area (Å²) in [7, 11) is 0. The molecule has 0 amide bonds. The Morgan fingerprint density at radius 2 is 0.529 bits per heavy atom. The van der Waals surface area contributed by atoms with E-state index in [0.29, 0.717) is 0 Å². The summed E-state index contributed by atoms with van der Waals surface area (Å²) in [6, 6.07) is 0. The van der Waals surface area contributed by atoms with Crippen LogP contribution in [0, 0.1) is 0 Å². The van der Waals surface area contributed by atoms with Crippen molar-refractivity contribution in [2.75, 3.05) is 66.1 Å². The number of alkyl halides is 40. The highest BCUT2D eigenvalue weighted by Crippen LogP contribution is 2.67. The standard InChI is InChI=1S/C15H11F19O2.C13H11F15O2.C8H10F6O2.C4H8O/c1-2-35-5-6-36-4-3-7(16,17)9(19,20)11(23,24)13(27,28)12(25,26)10(21,22)8(18,14(29,30)31)15(32,33)34;1-2-29-5-6-30-4-3-7(14,15)9(17,18)11(21,22)10(19,20)8(16,12(23,24)25)13(26,27)28;1-2-15-3-4-16-5-7(10,11)6(9)8(12,13)14;1-3-5-4-2/h2H,1,3-6H2;2H,1,3-6H2;2,6H,1,3-5H2;3H,1,4H2,2H3. The molecule has 0 spiro atoms. The third-order valence-corrected chi connectivity index (χ3v) is 9.46. The maximum Gasteiger partial charge on any atom is 0.438 e. The zero-order valence-corrected chi connectivity index (χ0v) is 42.2. The number of halogens is 40. The van der Waals surface area contributed by atoms with Gasteiger partial charge in [0.2, 0.25) is 0 Å². The van der Waals surface area contributed by atoms with Crippen molar-refractivity contribution in [2.24, 2.45) is 0 Å². The predicted molar refractivity (Wildman–Crippen MR) is 209 cm³/mol. The second-order valence-corrected chi connectivity index (χ2v) is 15.5. The lowest BCUT2D eigenvalue weighted by Gasteiger charge is -2.45. The Balaban J connectivity index is -0.000000604. The zero-order valence-electron chi connectivity index (χ0n) is 42.2. The fourth-order valence-electron chi connectivity index (χ4n) is 4.84. The summed E-state index contributed by atoms with van der Waals surface area (Å²) < 4.78 is 547. The molecule has 87 heavy (non-hydrogen) atoms. The number of ether oxygens (including phenoxy) is 7. The third-order valence-electron chi connectivity index (χ3n) is 9.46. The lowest BCUT2D eigenvalue weighted by molar-refractivity contribution is -0.472. The van der Waals surface area contributed by atoms with E-state index in [-0.39, 0.29) is 13.2 Å². The van der Waals surface area contributed by atoms with Crippen LogP contribution in [0.2, 0.25) is 0 Å². The molecule has 0 bridgehead atoms. The van der Waals surface area contributed by atoms with Crippen LogP contribution in [0.25, 0.3) is 0 Å². The van der Waals surface area contributed by atoms with E-state index in [1.165, 1.54) is 6.26 Å². The Hall–Kier alpha value is -4.76. The highest BCUT2D eigenvalue weighted by molar-refractivity contribution is 5.20. The molecule has 0 fully saturated rings. The Bertz CT molecular complexity index is 2010. The van der Waals surface area contributed by atoms with E-state index >= 15 is 0 Å². The van der Waals surface area contributed by atoms with E-state index in [1.54, 1.807) is 0 Å². The van der Waals surface area contributed by atoms with Gasteiger partial charge in [-0.2, -0.15) is 154 Å². The van der Waals surface area contributed by atoms with Gasteiger partial charge in [0.1, 0.15) is 26.4 Å². The van der Waals surface area contributed by atoms with Crippen molar-refractivity contribution in [3.8, 4) is 0 Å².